The summed E-state index contributed by atoms with van der Waals surface area (Å²) in [6.45, 7) is 0. The highest BCUT2D eigenvalue weighted by molar-refractivity contribution is 6.30. The van der Waals surface area contributed by atoms with Crippen LogP contribution in [0.2, 0.25) is 5.02 Å². The van der Waals surface area contributed by atoms with Crippen LogP contribution >= 0.6 is 11.6 Å². The number of carboxylic acid groups (broad SMARTS) is 1. The highest BCUT2D eigenvalue weighted by Crippen LogP contribution is 2.31. The zero-order valence-corrected chi connectivity index (χ0v) is 19.5. The lowest BCUT2D eigenvalue weighted by molar-refractivity contribution is -0.141. The van der Waals surface area contributed by atoms with Gasteiger partial charge in [-0.05, 0) is 35.9 Å². The van der Waals surface area contributed by atoms with Crippen molar-refractivity contribution < 1.29 is 23.5 Å². The van der Waals surface area contributed by atoms with E-state index >= 15 is 0 Å². The Balaban J connectivity index is 1.65. The summed E-state index contributed by atoms with van der Waals surface area (Å²) in [4.78, 5) is 24.2. The number of para-hydroxylation sites is 1. The van der Waals surface area contributed by atoms with Crippen LogP contribution in [0.4, 0.5) is 8.78 Å². The second-order valence-electron chi connectivity index (χ2n) is 7.88. The Morgan fingerprint density at radius 3 is 2.25 bits per heavy atom. The van der Waals surface area contributed by atoms with E-state index in [4.69, 9.17) is 11.6 Å². The van der Waals surface area contributed by atoms with Gasteiger partial charge in [-0.15, -0.1) is 0 Å². The van der Waals surface area contributed by atoms with Crippen molar-refractivity contribution in [3.63, 3.8) is 0 Å². The molecule has 0 bridgehead atoms. The molecule has 182 valence electrons. The van der Waals surface area contributed by atoms with Gasteiger partial charge >= 0.3 is 5.97 Å². The quantitative estimate of drug-likeness (QED) is 0.317. The monoisotopic (exact) mass is 507 g/mol. The Morgan fingerprint density at radius 1 is 1.03 bits per heavy atom. The number of rotatable bonds is 8. The maximum Gasteiger partial charge on any atom is 0.326 e. The molecule has 2 N–H and O–H groups in total. The molecule has 0 aliphatic heterocycles. The van der Waals surface area contributed by atoms with Gasteiger partial charge in [0.15, 0.2) is 0 Å². The van der Waals surface area contributed by atoms with Crippen molar-refractivity contribution in [3.05, 3.63) is 113 Å². The van der Waals surface area contributed by atoms with Gasteiger partial charge in [-0.25, -0.2) is 18.3 Å². The smallest absolute Gasteiger partial charge is 0.326 e. The summed E-state index contributed by atoms with van der Waals surface area (Å²) in [7, 11) is 0. The lowest BCUT2D eigenvalue weighted by Gasteiger charge is -2.13. The van der Waals surface area contributed by atoms with Gasteiger partial charge < -0.3 is 10.4 Å². The zero-order chi connectivity index (χ0) is 25.7. The number of nitrogens with zero attached hydrogens (tertiary/aromatic N) is 2. The Kier molecular flexibility index (Phi) is 7.56. The van der Waals surface area contributed by atoms with Crippen LogP contribution < -0.4 is 5.32 Å². The Labute approximate surface area is 210 Å². The lowest BCUT2D eigenvalue weighted by Crippen LogP contribution is -2.41. The Bertz CT molecular complexity index is 1400. The van der Waals surface area contributed by atoms with Crippen LogP contribution in [-0.4, -0.2) is 32.8 Å². The number of nitrogens with one attached hydrogen (secondary N) is 1. The summed E-state index contributed by atoms with van der Waals surface area (Å²) in [5.74, 6) is -3.70. The normalized spacial score (nSPS) is 12.0. The predicted molar refractivity (Wildman–Crippen MR) is 133 cm³/mol. The highest BCUT2D eigenvalue weighted by Gasteiger charge is 2.21. The number of carbonyl (C=O) groups is 2. The molecule has 1 heterocycles. The van der Waals surface area contributed by atoms with E-state index in [0.717, 1.165) is 23.8 Å². The molecule has 0 radical (unpaired) electrons. The maximum atomic E-state index is 14.7. The van der Waals surface area contributed by atoms with E-state index < -0.39 is 35.1 Å². The first-order valence-corrected chi connectivity index (χ1v) is 11.2. The molecular formula is C27H20ClF2N3O3. The molecule has 1 atom stereocenters. The molecule has 0 fully saturated rings. The second-order valence-corrected chi connectivity index (χ2v) is 8.32. The maximum absolute atomic E-state index is 14.7. The van der Waals surface area contributed by atoms with Gasteiger partial charge in [-0.1, -0.05) is 60.1 Å². The topological polar surface area (TPSA) is 84.2 Å². The van der Waals surface area contributed by atoms with E-state index in [2.05, 4.69) is 10.4 Å². The third-order valence-corrected chi connectivity index (χ3v) is 5.54. The van der Waals surface area contributed by atoms with Crippen LogP contribution in [0, 0.1) is 11.6 Å². The number of hydrogen-bond donors (Lipinski definition) is 2. The van der Waals surface area contributed by atoms with E-state index in [1.807, 2.05) is 6.07 Å². The average Bonchev–Trinajstić information content (AvgIpc) is 3.26. The molecular weight excluding hydrogens is 488 g/mol. The summed E-state index contributed by atoms with van der Waals surface area (Å²) in [6, 6.07) is 18.5. The van der Waals surface area contributed by atoms with Crippen molar-refractivity contribution in [1.82, 2.24) is 15.1 Å². The van der Waals surface area contributed by atoms with Crippen molar-refractivity contribution in [2.24, 2.45) is 0 Å². The van der Waals surface area contributed by atoms with E-state index in [0.29, 0.717) is 5.69 Å². The minimum absolute atomic E-state index is 0.0476. The molecule has 0 unspecified atom stereocenters. The van der Waals surface area contributed by atoms with Crippen molar-refractivity contribution in [2.75, 3.05) is 0 Å². The number of amides is 1. The number of aliphatic carboxylic acids is 1. The van der Waals surface area contributed by atoms with Crippen LogP contribution in [0.25, 0.3) is 23.0 Å². The van der Waals surface area contributed by atoms with Crippen LogP contribution in [0.3, 0.4) is 0 Å². The number of hydrogen-bond acceptors (Lipinski definition) is 3. The van der Waals surface area contributed by atoms with Gasteiger partial charge in [0, 0.05) is 29.3 Å². The first-order valence-electron chi connectivity index (χ1n) is 10.9. The largest absolute Gasteiger partial charge is 0.480 e. The van der Waals surface area contributed by atoms with Crippen molar-refractivity contribution in [3.8, 4) is 16.9 Å². The summed E-state index contributed by atoms with van der Waals surface area (Å²) >= 11 is 5.76. The highest BCUT2D eigenvalue weighted by atomic mass is 35.5. The van der Waals surface area contributed by atoms with E-state index in [1.165, 1.54) is 17.0 Å². The summed E-state index contributed by atoms with van der Waals surface area (Å²) < 4.78 is 30.9. The molecule has 1 amide bonds. The van der Waals surface area contributed by atoms with Gasteiger partial charge in [0.25, 0.3) is 0 Å². The Hall–Kier alpha value is -4.30. The molecule has 4 rings (SSSR count). The van der Waals surface area contributed by atoms with E-state index in [1.54, 1.807) is 54.6 Å². The summed E-state index contributed by atoms with van der Waals surface area (Å²) in [5, 5.41) is 16.2. The summed E-state index contributed by atoms with van der Waals surface area (Å²) in [5.41, 5.74) is 1.17. The molecule has 6 nitrogen and oxygen atoms in total. The number of aromatic nitrogens is 2. The average molecular weight is 508 g/mol. The molecule has 0 saturated carbocycles. The molecule has 0 saturated heterocycles. The minimum Gasteiger partial charge on any atom is -0.480 e. The fourth-order valence-electron chi connectivity index (χ4n) is 3.62. The third-order valence-electron chi connectivity index (χ3n) is 5.32. The molecule has 0 spiro atoms. The van der Waals surface area contributed by atoms with Crippen molar-refractivity contribution in [1.29, 1.82) is 0 Å². The number of carboxylic acids is 1. The molecule has 4 aromatic rings. The van der Waals surface area contributed by atoms with Gasteiger partial charge in [0.05, 0.1) is 11.3 Å². The number of halogens is 3. The molecule has 36 heavy (non-hydrogen) atoms. The zero-order valence-electron chi connectivity index (χ0n) is 18.7. The molecule has 0 aliphatic carbocycles. The van der Waals surface area contributed by atoms with Gasteiger partial charge in [-0.3, -0.25) is 4.79 Å². The van der Waals surface area contributed by atoms with Crippen LogP contribution in [-0.2, 0) is 16.0 Å². The van der Waals surface area contributed by atoms with E-state index in [-0.39, 0.29) is 22.7 Å². The van der Waals surface area contributed by atoms with Crippen LogP contribution in [0.1, 0.15) is 11.1 Å². The molecule has 0 aliphatic rings. The van der Waals surface area contributed by atoms with Gasteiger partial charge in [0.2, 0.25) is 5.91 Å². The van der Waals surface area contributed by atoms with Crippen molar-refractivity contribution >= 4 is 29.6 Å². The SMILES string of the molecule is O=C(/C=C/c1cn(-c2ccccc2)nc1-c1c(F)cc(Cl)cc1F)N[C@@H](Cc1ccccc1)C(=O)O. The number of benzene rings is 3. The molecule has 9 heteroatoms. The van der Waals surface area contributed by atoms with Crippen LogP contribution in [0.5, 0.6) is 0 Å². The van der Waals surface area contributed by atoms with Crippen molar-refractivity contribution in [2.45, 2.75) is 12.5 Å². The Morgan fingerprint density at radius 2 is 1.64 bits per heavy atom. The lowest BCUT2D eigenvalue weighted by atomic mass is 10.1. The van der Waals surface area contributed by atoms with Crippen LogP contribution in [0.15, 0.2) is 85.1 Å². The number of carbonyl (C=O) groups excluding carboxylic acids is 1. The first-order chi connectivity index (χ1) is 17.3. The fourth-order valence-corrected chi connectivity index (χ4v) is 3.81. The fraction of sp³-hybridized carbons (Fsp3) is 0.0741. The second kappa shape index (κ2) is 11.0. The summed E-state index contributed by atoms with van der Waals surface area (Å²) in [6.07, 6.45) is 4.03. The molecule has 1 aromatic heterocycles. The first kappa shape index (κ1) is 24.8. The van der Waals surface area contributed by atoms with Gasteiger partial charge in [0.1, 0.15) is 23.4 Å². The van der Waals surface area contributed by atoms with Gasteiger partial charge in [-0.2, -0.15) is 5.10 Å². The molecule has 3 aromatic carbocycles. The predicted octanol–water partition coefficient (Wildman–Crippen LogP) is 5.30. The minimum atomic E-state index is -1.19. The standard InChI is InChI=1S/C27H20ClF2N3O3/c28-19-14-21(29)25(22(30)15-19)26-18(16-33(32-26)20-9-5-2-6-10-20)11-12-24(34)31-23(27(35)36)13-17-7-3-1-4-8-17/h1-12,14-16,23H,13H2,(H,31,34)(H,35,36)/b12-11+/t23-/m0/s1. The van der Waals surface area contributed by atoms with E-state index in [9.17, 15) is 23.5 Å². The third kappa shape index (κ3) is 5.84.